The number of rotatable bonds is 8. The molecule has 0 heterocycles. The van der Waals surface area contributed by atoms with Gasteiger partial charge in [0.2, 0.25) is 0 Å². The van der Waals surface area contributed by atoms with E-state index >= 15 is 0 Å². The molecule has 0 radical (unpaired) electrons. The second-order valence-corrected chi connectivity index (χ2v) is 5.70. The Hall–Kier alpha value is -0.670. The van der Waals surface area contributed by atoms with Crippen molar-refractivity contribution in [2.24, 2.45) is 11.7 Å². The van der Waals surface area contributed by atoms with Crippen molar-refractivity contribution < 1.29 is 4.74 Å². The number of nitrogens with two attached hydrogens (primary N) is 1. The van der Waals surface area contributed by atoms with Crippen LogP contribution in [-0.4, -0.2) is 18.1 Å². The van der Waals surface area contributed by atoms with E-state index in [0.29, 0.717) is 6.61 Å². The van der Waals surface area contributed by atoms with Crippen LogP contribution in [-0.2, 0) is 0 Å². The van der Waals surface area contributed by atoms with Gasteiger partial charge >= 0.3 is 0 Å². The summed E-state index contributed by atoms with van der Waals surface area (Å²) in [4.78, 5) is 0. The van der Waals surface area contributed by atoms with Gasteiger partial charge in [-0.1, -0.05) is 38.5 Å². The van der Waals surface area contributed by atoms with E-state index in [-0.39, 0.29) is 6.04 Å². The highest BCUT2D eigenvalue weighted by molar-refractivity contribution is 7.99. The first-order chi connectivity index (χ1) is 8.69. The monoisotopic (exact) mass is 267 g/mol. The van der Waals surface area contributed by atoms with Crippen molar-refractivity contribution in [3.05, 3.63) is 29.8 Å². The molecule has 0 saturated carbocycles. The van der Waals surface area contributed by atoms with E-state index in [9.17, 15) is 0 Å². The Kier molecular flexibility index (Phi) is 7.21. The molecule has 18 heavy (non-hydrogen) atoms. The van der Waals surface area contributed by atoms with Gasteiger partial charge in [0.15, 0.2) is 0 Å². The zero-order valence-electron chi connectivity index (χ0n) is 11.7. The molecule has 0 aliphatic rings. The van der Waals surface area contributed by atoms with Gasteiger partial charge < -0.3 is 10.5 Å². The Morgan fingerprint density at radius 3 is 2.61 bits per heavy atom. The minimum atomic E-state index is 0.0572. The Bertz CT molecular complexity index is 343. The fraction of sp³-hybridized carbons (Fsp3) is 0.600. The Balaban J connectivity index is 2.52. The molecule has 2 unspecified atom stereocenters. The molecule has 0 bridgehead atoms. The summed E-state index contributed by atoms with van der Waals surface area (Å²) >= 11 is 1.94. The lowest BCUT2D eigenvalue weighted by atomic mass is 10.1. The van der Waals surface area contributed by atoms with Gasteiger partial charge in [-0.3, -0.25) is 0 Å². The molecule has 0 spiro atoms. The van der Waals surface area contributed by atoms with Gasteiger partial charge in [0.05, 0.1) is 6.61 Å². The summed E-state index contributed by atoms with van der Waals surface area (Å²) < 4.78 is 5.62. The normalized spacial score (nSPS) is 14.2. The Morgan fingerprint density at radius 1 is 1.22 bits per heavy atom. The van der Waals surface area contributed by atoms with E-state index in [1.165, 1.54) is 12.2 Å². The highest BCUT2D eigenvalue weighted by Gasteiger charge is 2.12. The third kappa shape index (κ3) is 4.91. The first-order valence-corrected chi connectivity index (χ1v) is 7.89. The fourth-order valence-corrected chi connectivity index (χ4v) is 2.89. The number of thioether (sulfide) groups is 1. The van der Waals surface area contributed by atoms with Gasteiger partial charge in [0, 0.05) is 17.4 Å². The van der Waals surface area contributed by atoms with Crippen LogP contribution in [0.15, 0.2) is 24.3 Å². The number of hydrogen-bond acceptors (Lipinski definition) is 3. The van der Waals surface area contributed by atoms with Gasteiger partial charge in [0.25, 0.3) is 0 Å². The number of ether oxygens (including phenoxy) is 1. The smallest absolute Gasteiger partial charge is 0.124 e. The van der Waals surface area contributed by atoms with Gasteiger partial charge in [-0.05, 0) is 24.7 Å². The molecule has 1 aromatic rings. The van der Waals surface area contributed by atoms with Crippen LogP contribution in [0.25, 0.3) is 0 Å². The summed E-state index contributed by atoms with van der Waals surface area (Å²) in [6.07, 6.45) is 1.23. The second-order valence-electron chi connectivity index (χ2n) is 4.63. The quantitative estimate of drug-likeness (QED) is 0.776. The Morgan fingerprint density at radius 2 is 1.94 bits per heavy atom. The van der Waals surface area contributed by atoms with E-state index < -0.39 is 0 Å². The van der Waals surface area contributed by atoms with Gasteiger partial charge in [-0.2, -0.15) is 11.8 Å². The van der Waals surface area contributed by atoms with Gasteiger partial charge in [0.1, 0.15) is 5.75 Å². The first-order valence-electron chi connectivity index (χ1n) is 6.74. The van der Waals surface area contributed by atoms with Crippen LogP contribution in [0, 0.1) is 5.92 Å². The maximum atomic E-state index is 6.25. The first kappa shape index (κ1) is 15.4. The average molecular weight is 267 g/mol. The van der Waals surface area contributed by atoms with Gasteiger partial charge in [-0.15, -0.1) is 0 Å². The summed E-state index contributed by atoms with van der Waals surface area (Å²) in [5, 5.41) is 0. The molecule has 0 aromatic heterocycles. The van der Waals surface area contributed by atoms with Crippen LogP contribution in [0.5, 0.6) is 5.75 Å². The predicted molar refractivity (Wildman–Crippen MR) is 81.3 cm³/mol. The van der Waals surface area contributed by atoms with E-state index in [1.54, 1.807) is 0 Å². The highest BCUT2D eigenvalue weighted by Crippen LogP contribution is 2.26. The summed E-state index contributed by atoms with van der Waals surface area (Å²) in [7, 11) is 0. The average Bonchev–Trinajstić information content (AvgIpc) is 2.39. The second kappa shape index (κ2) is 8.44. The van der Waals surface area contributed by atoms with Crippen LogP contribution in [0.1, 0.15) is 38.8 Å². The van der Waals surface area contributed by atoms with Crippen LogP contribution in [0.2, 0.25) is 0 Å². The molecule has 0 fully saturated rings. The Labute approximate surface area is 115 Å². The van der Waals surface area contributed by atoms with Crippen LogP contribution in [0.4, 0.5) is 0 Å². The minimum absolute atomic E-state index is 0.0572. The molecule has 0 aliphatic carbocycles. The molecule has 3 heteroatoms. The van der Waals surface area contributed by atoms with E-state index in [1.807, 2.05) is 36.9 Å². The summed E-state index contributed by atoms with van der Waals surface area (Å²) in [6, 6.07) is 8.14. The molecular weight excluding hydrogens is 242 g/mol. The van der Waals surface area contributed by atoms with Crippen molar-refractivity contribution in [2.45, 2.75) is 33.2 Å². The molecule has 102 valence electrons. The van der Waals surface area contributed by atoms with Crippen LogP contribution in [0.3, 0.4) is 0 Å². The zero-order chi connectivity index (χ0) is 13.4. The summed E-state index contributed by atoms with van der Waals surface area (Å²) in [6.45, 7) is 7.20. The van der Waals surface area contributed by atoms with E-state index in [2.05, 4.69) is 19.9 Å². The summed E-state index contributed by atoms with van der Waals surface area (Å²) in [5.41, 5.74) is 7.37. The fourth-order valence-electron chi connectivity index (χ4n) is 1.68. The maximum Gasteiger partial charge on any atom is 0.124 e. The highest BCUT2D eigenvalue weighted by atomic mass is 32.2. The third-order valence-corrected chi connectivity index (χ3v) is 4.41. The molecule has 2 N–H and O–H groups in total. The third-order valence-electron chi connectivity index (χ3n) is 3.02. The molecule has 0 aliphatic heterocycles. The minimum Gasteiger partial charge on any atom is -0.494 e. The lowest BCUT2D eigenvalue weighted by Gasteiger charge is -2.17. The van der Waals surface area contributed by atoms with Crippen molar-refractivity contribution >= 4 is 11.8 Å². The van der Waals surface area contributed by atoms with Crippen molar-refractivity contribution in [3.63, 3.8) is 0 Å². The molecule has 1 aromatic carbocycles. The topological polar surface area (TPSA) is 35.2 Å². The van der Waals surface area contributed by atoms with Crippen molar-refractivity contribution in [3.8, 4) is 5.75 Å². The maximum absolute atomic E-state index is 6.25. The molecule has 0 amide bonds. The van der Waals surface area contributed by atoms with E-state index in [0.717, 1.165) is 23.0 Å². The van der Waals surface area contributed by atoms with Crippen molar-refractivity contribution in [1.82, 2.24) is 0 Å². The zero-order valence-corrected chi connectivity index (χ0v) is 12.5. The van der Waals surface area contributed by atoms with Crippen LogP contribution >= 0.6 is 11.8 Å². The van der Waals surface area contributed by atoms with Crippen molar-refractivity contribution in [1.29, 1.82) is 0 Å². The molecule has 2 atom stereocenters. The van der Waals surface area contributed by atoms with Crippen LogP contribution < -0.4 is 10.5 Å². The molecule has 1 rings (SSSR count). The van der Waals surface area contributed by atoms with E-state index in [4.69, 9.17) is 10.5 Å². The predicted octanol–water partition coefficient (Wildman–Crippen LogP) is 3.86. The lowest BCUT2D eigenvalue weighted by molar-refractivity contribution is 0.335. The largest absolute Gasteiger partial charge is 0.494 e. The standard InChI is InChI=1S/C15H25NOS/c1-4-12(3)10-18-11-14(16)13-8-6-7-9-15(13)17-5-2/h6-9,12,14H,4-5,10-11,16H2,1-3H3. The summed E-state index contributed by atoms with van der Waals surface area (Å²) in [5.74, 6) is 3.83. The lowest BCUT2D eigenvalue weighted by Crippen LogP contribution is -2.15. The van der Waals surface area contributed by atoms with Crippen molar-refractivity contribution in [2.75, 3.05) is 18.1 Å². The SMILES string of the molecule is CCOc1ccccc1C(N)CSCC(C)CC. The molecular formula is C15H25NOS. The number of hydrogen-bond donors (Lipinski definition) is 1. The van der Waals surface area contributed by atoms with Gasteiger partial charge in [-0.25, -0.2) is 0 Å². The number of para-hydroxylation sites is 1. The number of benzene rings is 1. The molecule has 0 saturated heterocycles. The molecule has 2 nitrogen and oxygen atoms in total.